The van der Waals surface area contributed by atoms with Crippen LogP contribution >= 0.6 is 0 Å². The highest BCUT2D eigenvalue weighted by molar-refractivity contribution is 7.92. The maximum absolute atomic E-state index is 15.7. The number of esters is 1. The lowest BCUT2D eigenvalue weighted by Crippen LogP contribution is -2.40. The first-order chi connectivity index (χ1) is 26.2. The van der Waals surface area contributed by atoms with Crippen LogP contribution in [0.2, 0.25) is 0 Å². The van der Waals surface area contributed by atoms with Gasteiger partial charge in [0.25, 0.3) is 0 Å². The SMILES string of the molecule is CCOc1ccc(F)c([C@H](Nc2ccc3c(N)nccc3c2)C(=O)N2CCC(C(=O)O)C2c2cc(C(=O)OC)ccc2S(=O)(=O)C(C)C)c1.O=C(O)C(F)(F)F. The lowest BCUT2D eigenvalue weighted by atomic mass is 9.92. The van der Waals surface area contributed by atoms with Gasteiger partial charge in [-0.25, -0.2) is 27.4 Å². The number of sulfone groups is 1. The van der Waals surface area contributed by atoms with E-state index in [9.17, 15) is 41.1 Å². The van der Waals surface area contributed by atoms with Gasteiger partial charge in [-0.05, 0) is 98.8 Å². The summed E-state index contributed by atoms with van der Waals surface area (Å²) in [5, 5.41) is 21.0. The number of hydrogen-bond acceptors (Lipinski definition) is 11. The van der Waals surface area contributed by atoms with Gasteiger partial charge in [0.05, 0.1) is 41.4 Å². The van der Waals surface area contributed by atoms with Gasteiger partial charge in [-0.2, -0.15) is 13.2 Å². The number of carboxylic acids is 2. The first-order valence-corrected chi connectivity index (χ1v) is 18.4. The standard InChI is InChI=1S/C35H37FN4O8S.C2HF3O2/c1-5-48-23-8-10-28(36)26(18-23)30(39-22-7-9-24-20(16-22)12-14-38-32(24)37)33(41)40-15-13-25(34(42)43)31(40)27-17-21(35(44)47-4)6-11-29(27)49(45,46)19(2)3;3-2(4,5)1(6)7/h6-12,14,16-19,25,30-31,39H,5,13,15H2,1-4H3,(H2,37,38)(H,42,43);(H,6,7)/t25?,30-,31?;/m0./s1. The molecule has 1 aliphatic heterocycles. The van der Waals surface area contributed by atoms with E-state index < -0.39 is 68.9 Å². The van der Waals surface area contributed by atoms with Gasteiger partial charge < -0.3 is 35.6 Å². The number of hydrogen-bond donors (Lipinski definition) is 4. The van der Waals surface area contributed by atoms with Gasteiger partial charge in [-0.3, -0.25) is 9.59 Å². The second-order valence-electron chi connectivity index (χ2n) is 12.7. The number of carbonyl (C=O) groups excluding carboxylic acids is 2. The summed E-state index contributed by atoms with van der Waals surface area (Å²) in [7, 11) is -2.89. The van der Waals surface area contributed by atoms with Crippen molar-refractivity contribution in [1.29, 1.82) is 0 Å². The Morgan fingerprint density at radius 1 is 1.04 bits per heavy atom. The summed E-state index contributed by atoms with van der Waals surface area (Å²) in [6.07, 6.45) is -3.59. The Morgan fingerprint density at radius 2 is 1.71 bits per heavy atom. The van der Waals surface area contributed by atoms with Crippen LogP contribution in [0.15, 0.2) is 71.8 Å². The van der Waals surface area contributed by atoms with Crippen molar-refractivity contribution in [2.45, 2.75) is 55.6 Å². The van der Waals surface area contributed by atoms with Crippen LogP contribution in [0.25, 0.3) is 10.8 Å². The summed E-state index contributed by atoms with van der Waals surface area (Å²) in [5.41, 5.74) is 6.28. The highest BCUT2D eigenvalue weighted by Crippen LogP contribution is 2.43. The predicted octanol–water partition coefficient (Wildman–Crippen LogP) is 5.78. The van der Waals surface area contributed by atoms with Crippen molar-refractivity contribution in [2.75, 3.05) is 31.3 Å². The average Bonchev–Trinajstić information content (AvgIpc) is 3.59. The van der Waals surface area contributed by atoms with Crippen molar-refractivity contribution in [3.05, 3.63) is 89.4 Å². The molecule has 3 atom stereocenters. The van der Waals surface area contributed by atoms with E-state index in [1.807, 2.05) is 0 Å². The van der Waals surface area contributed by atoms with Gasteiger partial charge >= 0.3 is 24.1 Å². The number of alkyl halides is 3. The number of likely N-dealkylation sites (tertiary alicyclic amines) is 1. The molecular formula is C37H38F4N4O10S. The first kappa shape index (κ1) is 42.8. The van der Waals surface area contributed by atoms with Gasteiger partial charge in [-0.15, -0.1) is 0 Å². The molecule has 4 aromatic rings. The second kappa shape index (κ2) is 17.2. The van der Waals surface area contributed by atoms with Crippen molar-refractivity contribution in [2.24, 2.45) is 5.92 Å². The molecule has 0 spiro atoms. The fourth-order valence-corrected chi connectivity index (χ4v) is 7.39. The number of carboxylic acid groups (broad SMARTS) is 2. The average molecular weight is 807 g/mol. The van der Waals surface area contributed by atoms with Crippen LogP contribution in [-0.2, 0) is 29.0 Å². The lowest BCUT2D eigenvalue weighted by Gasteiger charge is -2.33. The predicted molar refractivity (Wildman–Crippen MR) is 194 cm³/mol. The molecule has 0 aliphatic carbocycles. The normalized spacial score (nSPS) is 16.1. The fourth-order valence-electron chi connectivity index (χ4n) is 6.12. The zero-order valence-electron chi connectivity index (χ0n) is 30.3. The third-order valence-electron chi connectivity index (χ3n) is 8.86. The molecule has 5 rings (SSSR count). The van der Waals surface area contributed by atoms with Crippen LogP contribution < -0.4 is 15.8 Å². The Kier molecular flexibility index (Phi) is 13.1. The van der Waals surface area contributed by atoms with E-state index in [-0.39, 0.29) is 41.2 Å². The highest BCUT2D eigenvalue weighted by Gasteiger charge is 2.47. The minimum absolute atomic E-state index is 0.0290. The Hall–Kier alpha value is -5.98. The summed E-state index contributed by atoms with van der Waals surface area (Å²) in [6.45, 7) is 4.87. The summed E-state index contributed by atoms with van der Waals surface area (Å²) >= 11 is 0. The molecule has 2 unspecified atom stereocenters. The van der Waals surface area contributed by atoms with Crippen molar-refractivity contribution in [1.82, 2.24) is 9.88 Å². The molecule has 1 aliphatic rings. The Bertz CT molecular complexity index is 2250. The molecule has 14 nitrogen and oxygen atoms in total. The second-order valence-corrected chi connectivity index (χ2v) is 15.1. The highest BCUT2D eigenvalue weighted by atomic mass is 32.2. The van der Waals surface area contributed by atoms with Crippen molar-refractivity contribution >= 4 is 55.9 Å². The van der Waals surface area contributed by atoms with Gasteiger partial charge in [0.1, 0.15) is 23.4 Å². The fraction of sp³-hybridized carbons (Fsp3) is 0.324. The number of halogens is 4. The number of anilines is 2. The minimum atomic E-state index is -5.08. The van der Waals surface area contributed by atoms with Crippen molar-refractivity contribution in [3.8, 4) is 5.75 Å². The topological polar surface area (TPSA) is 216 Å². The van der Waals surface area contributed by atoms with Crippen LogP contribution in [-0.4, -0.2) is 84.0 Å². The summed E-state index contributed by atoms with van der Waals surface area (Å²) in [4.78, 5) is 54.1. The molecule has 1 saturated heterocycles. The van der Waals surface area contributed by atoms with E-state index in [4.69, 9.17) is 25.1 Å². The van der Waals surface area contributed by atoms with Crippen LogP contribution in [0.5, 0.6) is 5.75 Å². The maximum atomic E-state index is 15.7. The smallest absolute Gasteiger partial charge is 0.490 e. The number of rotatable bonds is 11. The molecular weight excluding hydrogens is 768 g/mol. The van der Waals surface area contributed by atoms with Crippen LogP contribution in [0, 0.1) is 11.7 Å². The summed E-state index contributed by atoms with van der Waals surface area (Å²) in [5.74, 6) is -6.93. The molecule has 1 aromatic heterocycles. The number of nitrogens with one attached hydrogen (secondary N) is 1. The number of amides is 1. The number of pyridine rings is 1. The summed E-state index contributed by atoms with van der Waals surface area (Å²) < 4.78 is 85.2. The van der Waals surface area contributed by atoms with E-state index >= 15 is 4.39 Å². The third-order valence-corrected chi connectivity index (χ3v) is 11.1. The molecule has 1 amide bonds. The molecule has 0 saturated carbocycles. The van der Waals surface area contributed by atoms with E-state index in [0.717, 1.165) is 7.11 Å². The number of carbonyl (C=O) groups is 4. The van der Waals surface area contributed by atoms with E-state index in [1.165, 1.54) is 61.3 Å². The zero-order valence-corrected chi connectivity index (χ0v) is 31.2. The molecule has 56 heavy (non-hydrogen) atoms. The molecule has 5 N–H and O–H groups in total. The summed E-state index contributed by atoms with van der Waals surface area (Å²) in [6, 6.07) is 11.8. The van der Waals surface area contributed by atoms with E-state index in [1.54, 1.807) is 31.2 Å². The number of nitrogens with zero attached hydrogens (tertiary/aromatic N) is 2. The maximum Gasteiger partial charge on any atom is 0.490 e. The van der Waals surface area contributed by atoms with Crippen LogP contribution in [0.1, 0.15) is 60.8 Å². The number of aromatic nitrogens is 1. The first-order valence-electron chi connectivity index (χ1n) is 16.8. The number of nitrogens with two attached hydrogens (primary N) is 1. The number of aliphatic carboxylic acids is 2. The third kappa shape index (κ3) is 9.27. The molecule has 300 valence electrons. The quantitative estimate of drug-likeness (QED) is 0.105. The van der Waals surface area contributed by atoms with Gasteiger partial charge in [0.2, 0.25) is 5.91 Å². The number of ether oxygens (including phenoxy) is 2. The minimum Gasteiger partial charge on any atom is -0.494 e. The molecule has 0 bridgehead atoms. The molecule has 3 aromatic carbocycles. The van der Waals surface area contributed by atoms with Crippen LogP contribution in [0.4, 0.5) is 29.1 Å². The van der Waals surface area contributed by atoms with E-state index in [2.05, 4.69) is 10.3 Å². The zero-order chi connectivity index (χ0) is 41.7. The monoisotopic (exact) mass is 806 g/mol. The Morgan fingerprint density at radius 3 is 2.30 bits per heavy atom. The Labute approximate surface area is 318 Å². The number of benzene rings is 3. The molecule has 19 heteroatoms. The lowest BCUT2D eigenvalue weighted by molar-refractivity contribution is -0.192. The number of fused-ring (bicyclic) bond motifs is 1. The van der Waals surface area contributed by atoms with Crippen molar-refractivity contribution in [3.63, 3.8) is 0 Å². The van der Waals surface area contributed by atoms with Gasteiger partial charge in [0, 0.05) is 29.4 Å². The van der Waals surface area contributed by atoms with E-state index in [0.29, 0.717) is 28.0 Å². The number of nitrogen functional groups attached to an aromatic ring is 1. The van der Waals surface area contributed by atoms with Gasteiger partial charge in [0.15, 0.2) is 9.84 Å². The molecule has 0 radical (unpaired) electrons. The van der Waals surface area contributed by atoms with Crippen LogP contribution in [0.3, 0.4) is 0 Å². The Balaban J connectivity index is 0.000000908. The molecule has 2 heterocycles. The van der Waals surface area contributed by atoms with Gasteiger partial charge in [-0.1, -0.05) is 0 Å². The molecule has 1 fully saturated rings. The van der Waals surface area contributed by atoms with Crippen molar-refractivity contribution < 1.29 is 64.8 Å². The largest absolute Gasteiger partial charge is 0.494 e. The number of methoxy groups -OCH3 is 1.